The molecule has 0 aromatic heterocycles. The Morgan fingerprint density at radius 2 is 2.00 bits per heavy atom. The van der Waals surface area contributed by atoms with Crippen molar-refractivity contribution in [3.8, 4) is 0 Å². The molecule has 2 N–H and O–H groups in total. The van der Waals surface area contributed by atoms with Crippen molar-refractivity contribution in [1.82, 2.24) is 10.2 Å². The van der Waals surface area contributed by atoms with Crippen LogP contribution in [-0.2, 0) is 14.3 Å². The monoisotopic (exact) mass is 232 g/mol. The number of methoxy groups -OCH3 is 1. The highest BCUT2D eigenvalue weighted by atomic mass is 16.5. The van der Waals surface area contributed by atoms with Crippen molar-refractivity contribution in [3.05, 3.63) is 0 Å². The number of carboxylic acid groups (broad SMARTS) is 1. The van der Waals surface area contributed by atoms with Gasteiger partial charge in [-0.15, -0.1) is 0 Å². The fraction of sp³-hybridized carbons (Fsp3) is 0.800. The van der Waals surface area contributed by atoms with Crippen LogP contribution in [0.3, 0.4) is 0 Å². The van der Waals surface area contributed by atoms with E-state index in [9.17, 15) is 9.59 Å². The molecule has 16 heavy (non-hydrogen) atoms. The maximum absolute atomic E-state index is 11.4. The molecule has 0 bridgehead atoms. The van der Waals surface area contributed by atoms with E-state index in [1.807, 2.05) is 13.8 Å². The summed E-state index contributed by atoms with van der Waals surface area (Å²) in [6.45, 7) is 4.46. The summed E-state index contributed by atoms with van der Waals surface area (Å²) in [4.78, 5) is 23.5. The summed E-state index contributed by atoms with van der Waals surface area (Å²) >= 11 is 0. The van der Waals surface area contributed by atoms with Crippen molar-refractivity contribution in [2.24, 2.45) is 0 Å². The van der Waals surface area contributed by atoms with Gasteiger partial charge < -0.3 is 15.2 Å². The zero-order valence-corrected chi connectivity index (χ0v) is 10.0. The van der Waals surface area contributed by atoms with E-state index >= 15 is 0 Å². The first kappa shape index (κ1) is 14.9. The number of nitrogens with zero attached hydrogens (tertiary/aromatic N) is 1. The Morgan fingerprint density at radius 3 is 2.44 bits per heavy atom. The molecular weight excluding hydrogens is 212 g/mol. The van der Waals surface area contributed by atoms with E-state index < -0.39 is 5.97 Å². The third-order valence-corrected chi connectivity index (χ3v) is 1.79. The van der Waals surface area contributed by atoms with E-state index in [-0.39, 0.29) is 25.0 Å². The molecule has 0 aliphatic heterocycles. The second kappa shape index (κ2) is 8.06. The second-order valence-corrected chi connectivity index (χ2v) is 3.82. The van der Waals surface area contributed by atoms with E-state index in [2.05, 4.69) is 5.32 Å². The Kier molecular flexibility index (Phi) is 7.49. The zero-order valence-electron chi connectivity index (χ0n) is 10.0. The lowest BCUT2D eigenvalue weighted by Crippen LogP contribution is -2.43. The SMILES string of the molecule is COCCN(CC(=O)O)CC(=O)NC(C)C. The highest BCUT2D eigenvalue weighted by Crippen LogP contribution is 1.90. The molecule has 0 atom stereocenters. The second-order valence-electron chi connectivity index (χ2n) is 3.82. The summed E-state index contributed by atoms with van der Waals surface area (Å²) in [7, 11) is 1.53. The minimum atomic E-state index is -0.951. The van der Waals surface area contributed by atoms with Crippen molar-refractivity contribution < 1.29 is 19.4 Å². The lowest BCUT2D eigenvalue weighted by atomic mass is 10.3. The standard InChI is InChI=1S/C10H20N2O4/c1-8(2)11-9(13)6-12(4-5-16-3)7-10(14)15/h8H,4-7H2,1-3H3,(H,11,13)(H,14,15). The fourth-order valence-corrected chi connectivity index (χ4v) is 1.20. The summed E-state index contributed by atoms with van der Waals surface area (Å²) in [5, 5.41) is 11.4. The third-order valence-electron chi connectivity index (χ3n) is 1.79. The van der Waals surface area contributed by atoms with Gasteiger partial charge in [-0.05, 0) is 13.8 Å². The fourth-order valence-electron chi connectivity index (χ4n) is 1.20. The number of hydrogen-bond acceptors (Lipinski definition) is 4. The lowest BCUT2D eigenvalue weighted by molar-refractivity contribution is -0.138. The van der Waals surface area contributed by atoms with Crippen LogP contribution in [0, 0.1) is 0 Å². The molecule has 0 aliphatic carbocycles. The molecule has 6 heteroatoms. The first-order chi connectivity index (χ1) is 7.45. The van der Waals surface area contributed by atoms with Crippen molar-refractivity contribution >= 4 is 11.9 Å². The van der Waals surface area contributed by atoms with Crippen LogP contribution < -0.4 is 5.32 Å². The van der Waals surface area contributed by atoms with Gasteiger partial charge in [0.1, 0.15) is 0 Å². The predicted octanol–water partition coefficient (Wildman–Crippen LogP) is -0.456. The normalized spacial score (nSPS) is 10.8. The highest BCUT2D eigenvalue weighted by Gasteiger charge is 2.13. The van der Waals surface area contributed by atoms with Crippen LogP contribution >= 0.6 is 0 Å². The largest absolute Gasteiger partial charge is 0.480 e. The number of hydrogen-bond donors (Lipinski definition) is 2. The van der Waals surface area contributed by atoms with Crippen molar-refractivity contribution in [2.75, 3.05) is 33.4 Å². The average molecular weight is 232 g/mol. The molecule has 1 amide bonds. The van der Waals surface area contributed by atoms with Gasteiger partial charge in [-0.3, -0.25) is 14.5 Å². The number of carboxylic acids is 1. The molecule has 6 nitrogen and oxygen atoms in total. The molecule has 0 saturated carbocycles. The number of amides is 1. The summed E-state index contributed by atoms with van der Waals surface area (Å²) in [6.07, 6.45) is 0. The van der Waals surface area contributed by atoms with Crippen molar-refractivity contribution in [3.63, 3.8) is 0 Å². The van der Waals surface area contributed by atoms with Crippen LogP contribution in [-0.4, -0.2) is 61.3 Å². The van der Waals surface area contributed by atoms with Gasteiger partial charge in [0.05, 0.1) is 19.7 Å². The first-order valence-electron chi connectivity index (χ1n) is 5.18. The maximum Gasteiger partial charge on any atom is 0.317 e. The van der Waals surface area contributed by atoms with Gasteiger partial charge in [0.2, 0.25) is 5.91 Å². The van der Waals surface area contributed by atoms with Crippen LogP contribution in [0.2, 0.25) is 0 Å². The molecule has 0 aliphatic rings. The number of carbonyl (C=O) groups excluding carboxylic acids is 1. The third kappa shape index (κ3) is 8.19. The minimum Gasteiger partial charge on any atom is -0.480 e. The van der Waals surface area contributed by atoms with Crippen LogP contribution in [0.25, 0.3) is 0 Å². The number of rotatable bonds is 8. The highest BCUT2D eigenvalue weighted by molar-refractivity contribution is 5.79. The molecule has 0 heterocycles. The van der Waals surface area contributed by atoms with E-state index in [1.54, 1.807) is 0 Å². The maximum atomic E-state index is 11.4. The molecule has 0 saturated heterocycles. The molecule has 94 valence electrons. The van der Waals surface area contributed by atoms with E-state index in [4.69, 9.17) is 9.84 Å². The molecule has 0 aromatic carbocycles. The van der Waals surface area contributed by atoms with Gasteiger partial charge in [0, 0.05) is 19.7 Å². The molecule has 0 aromatic rings. The van der Waals surface area contributed by atoms with Gasteiger partial charge in [0.25, 0.3) is 0 Å². The Hall–Kier alpha value is -1.14. The van der Waals surface area contributed by atoms with E-state index in [0.29, 0.717) is 13.2 Å². The van der Waals surface area contributed by atoms with Crippen LogP contribution in [0.1, 0.15) is 13.8 Å². The predicted molar refractivity (Wildman–Crippen MR) is 59.2 cm³/mol. The number of aliphatic carboxylic acids is 1. The van der Waals surface area contributed by atoms with Crippen molar-refractivity contribution in [1.29, 1.82) is 0 Å². The van der Waals surface area contributed by atoms with Crippen LogP contribution in [0.5, 0.6) is 0 Å². The first-order valence-corrected chi connectivity index (χ1v) is 5.18. The van der Waals surface area contributed by atoms with Gasteiger partial charge in [-0.1, -0.05) is 0 Å². The zero-order chi connectivity index (χ0) is 12.6. The van der Waals surface area contributed by atoms with Gasteiger partial charge in [-0.25, -0.2) is 0 Å². The van der Waals surface area contributed by atoms with E-state index in [1.165, 1.54) is 12.0 Å². The van der Waals surface area contributed by atoms with Gasteiger partial charge in [-0.2, -0.15) is 0 Å². The molecular formula is C10H20N2O4. The van der Waals surface area contributed by atoms with Gasteiger partial charge >= 0.3 is 5.97 Å². The Balaban J connectivity index is 4.07. The summed E-state index contributed by atoms with van der Waals surface area (Å²) in [5.41, 5.74) is 0. The minimum absolute atomic E-state index is 0.0570. The quantitative estimate of drug-likeness (QED) is 0.592. The lowest BCUT2D eigenvalue weighted by Gasteiger charge is -2.19. The topological polar surface area (TPSA) is 78.9 Å². The Labute approximate surface area is 95.6 Å². The number of carbonyl (C=O) groups is 2. The molecule has 0 unspecified atom stereocenters. The number of nitrogens with one attached hydrogen (secondary N) is 1. The number of ether oxygens (including phenoxy) is 1. The summed E-state index contributed by atoms with van der Waals surface area (Å²) < 4.78 is 4.85. The molecule has 0 spiro atoms. The smallest absolute Gasteiger partial charge is 0.317 e. The molecule has 0 radical (unpaired) electrons. The molecule has 0 fully saturated rings. The van der Waals surface area contributed by atoms with Crippen LogP contribution in [0.4, 0.5) is 0 Å². The Bertz CT molecular complexity index is 231. The average Bonchev–Trinajstić information content (AvgIpc) is 2.11. The summed E-state index contributed by atoms with van der Waals surface area (Å²) in [5.74, 6) is -1.12. The summed E-state index contributed by atoms with van der Waals surface area (Å²) in [6, 6.07) is 0.0570. The van der Waals surface area contributed by atoms with Crippen molar-refractivity contribution in [2.45, 2.75) is 19.9 Å². The van der Waals surface area contributed by atoms with E-state index in [0.717, 1.165) is 0 Å². The Morgan fingerprint density at radius 1 is 1.38 bits per heavy atom. The van der Waals surface area contributed by atoms with Crippen LogP contribution in [0.15, 0.2) is 0 Å². The van der Waals surface area contributed by atoms with Gasteiger partial charge in [0.15, 0.2) is 0 Å². The molecule has 0 rings (SSSR count).